The van der Waals surface area contributed by atoms with Crippen LogP contribution in [0.2, 0.25) is 0 Å². The van der Waals surface area contributed by atoms with Gasteiger partial charge >= 0.3 is 0 Å². The number of Topliss-reactive ketones (excluding diaryl/α,β-unsaturated/α-hetero) is 1. The first-order valence-electron chi connectivity index (χ1n) is 6.61. The summed E-state index contributed by atoms with van der Waals surface area (Å²) in [5.74, 6) is 0.885. The van der Waals surface area contributed by atoms with Crippen LogP contribution in [0.15, 0.2) is 24.4 Å². The van der Waals surface area contributed by atoms with Gasteiger partial charge in [0.25, 0.3) is 0 Å². The third kappa shape index (κ3) is 3.30. The minimum atomic E-state index is 0.0425. The molecular formula is C15H20N4O. The molecule has 0 unspecified atom stereocenters. The number of ketones is 1. The lowest BCUT2D eigenvalue weighted by molar-refractivity contribution is 0.101. The highest BCUT2D eigenvalue weighted by Crippen LogP contribution is 2.16. The molecule has 0 aliphatic rings. The fourth-order valence-corrected chi connectivity index (χ4v) is 1.87. The second-order valence-electron chi connectivity index (χ2n) is 5.21. The van der Waals surface area contributed by atoms with E-state index in [0.29, 0.717) is 5.56 Å². The van der Waals surface area contributed by atoms with Crippen molar-refractivity contribution in [2.24, 2.45) is 0 Å². The van der Waals surface area contributed by atoms with Crippen molar-refractivity contribution in [3.8, 4) is 0 Å². The average molecular weight is 272 g/mol. The molecule has 0 radical (unpaired) electrons. The number of hydrogen-bond donors (Lipinski definition) is 0. The van der Waals surface area contributed by atoms with Gasteiger partial charge in [0.05, 0.1) is 17.2 Å². The topological polar surface area (TPSA) is 49.3 Å². The van der Waals surface area contributed by atoms with Crippen molar-refractivity contribution < 1.29 is 4.79 Å². The number of carbonyl (C=O) groups excluding carboxylic acids is 1. The van der Waals surface area contributed by atoms with Crippen LogP contribution in [-0.4, -0.2) is 54.9 Å². The van der Waals surface area contributed by atoms with Crippen molar-refractivity contribution in [3.05, 3.63) is 30.0 Å². The van der Waals surface area contributed by atoms with Gasteiger partial charge in [0.15, 0.2) is 5.78 Å². The van der Waals surface area contributed by atoms with E-state index in [1.807, 2.05) is 27.2 Å². The van der Waals surface area contributed by atoms with Crippen LogP contribution < -0.4 is 4.90 Å². The number of aromatic nitrogens is 2. The van der Waals surface area contributed by atoms with E-state index in [1.54, 1.807) is 25.3 Å². The third-order valence-corrected chi connectivity index (χ3v) is 3.21. The Labute approximate surface area is 119 Å². The summed E-state index contributed by atoms with van der Waals surface area (Å²) in [6.07, 6.45) is 1.75. The zero-order chi connectivity index (χ0) is 14.7. The summed E-state index contributed by atoms with van der Waals surface area (Å²) in [6, 6.07) is 5.43. The molecule has 1 heterocycles. The summed E-state index contributed by atoms with van der Waals surface area (Å²) in [5, 5.41) is 0. The molecule has 0 aliphatic heterocycles. The van der Waals surface area contributed by atoms with E-state index >= 15 is 0 Å². The molecule has 0 fully saturated rings. The van der Waals surface area contributed by atoms with Gasteiger partial charge in [-0.05, 0) is 39.2 Å². The smallest absolute Gasteiger partial charge is 0.159 e. The Morgan fingerprint density at radius 1 is 1.15 bits per heavy atom. The highest BCUT2D eigenvalue weighted by molar-refractivity contribution is 5.97. The molecule has 5 nitrogen and oxygen atoms in total. The first-order chi connectivity index (χ1) is 9.47. The lowest BCUT2D eigenvalue weighted by atomic mass is 10.1. The van der Waals surface area contributed by atoms with Gasteiger partial charge in [-0.2, -0.15) is 0 Å². The Bertz CT molecular complexity index is 624. The van der Waals surface area contributed by atoms with Crippen LogP contribution in [0, 0.1) is 0 Å². The van der Waals surface area contributed by atoms with Gasteiger partial charge in [-0.1, -0.05) is 0 Å². The maximum atomic E-state index is 11.4. The molecule has 0 N–H and O–H groups in total. The van der Waals surface area contributed by atoms with Crippen LogP contribution in [0.3, 0.4) is 0 Å². The van der Waals surface area contributed by atoms with Crippen molar-refractivity contribution in [2.75, 3.05) is 39.1 Å². The molecule has 0 saturated heterocycles. The number of nitrogens with zero attached hydrogens (tertiary/aromatic N) is 4. The molecule has 2 rings (SSSR count). The van der Waals surface area contributed by atoms with Gasteiger partial charge in [0.1, 0.15) is 5.82 Å². The van der Waals surface area contributed by atoms with Crippen molar-refractivity contribution in [3.63, 3.8) is 0 Å². The van der Waals surface area contributed by atoms with E-state index in [2.05, 4.69) is 19.8 Å². The standard InChI is InChI=1S/C15H20N4O/c1-11(20)12-5-6-13-14(9-12)16-10-15(17-13)19(4)8-7-18(2)3/h5-6,9-10H,7-8H2,1-4H3. The molecule has 20 heavy (non-hydrogen) atoms. The quantitative estimate of drug-likeness (QED) is 0.777. The van der Waals surface area contributed by atoms with E-state index in [-0.39, 0.29) is 5.78 Å². The summed E-state index contributed by atoms with van der Waals surface area (Å²) in [5.41, 5.74) is 2.23. The zero-order valence-electron chi connectivity index (χ0n) is 12.4. The van der Waals surface area contributed by atoms with Crippen molar-refractivity contribution in [2.45, 2.75) is 6.92 Å². The van der Waals surface area contributed by atoms with Gasteiger partial charge in [-0.15, -0.1) is 0 Å². The molecule has 0 spiro atoms. The Kier molecular flexibility index (Phi) is 4.29. The molecule has 0 atom stereocenters. The maximum Gasteiger partial charge on any atom is 0.159 e. The predicted molar refractivity (Wildman–Crippen MR) is 81.4 cm³/mol. The second-order valence-corrected chi connectivity index (χ2v) is 5.21. The Hall–Kier alpha value is -2.01. The first kappa shape index (κ1) is 14.4. The molecule has 0 amide bonds. The van der Waals surface area contributed by atoms with Crippen LogP contribution in [0.4, 0.5) is 5.82 Å². The predicted octanol–water partition coefficient (Wildman–Crippen LogP) is 1.83. The molecule has 106 valence electrons. The van der Waals surface area contributed by atoms with E-state index in [0.717, 1.165) is 29.9 Å². The van der Waals surface area contributed by atoms with Crippen LogP contribution >= 0.6 is 0 Å². The van der Waals surface area contributed by atoms with Crippen molar-refractivity contribution in [1.29, 1.82) is 0 Å². The fraction of sp³-hybridized carbons (Fsp3) is 0.400. The van der Waals surface area contributed by atoms with Gasteiger partial charge in [0.2, 0.25) is 0 Å². The molecule has 2 aromatic rings. The number of fused-ring (bicyclic) bond motifs is 1. The third-order valence-electron chi connectivity index (χ3n) is 3.21. The van der Waals surface area contributed by atoms with Gasteiger partial charge in [0, 0.05) is 25.7 Å². The second kappa shape index (κ2) is 5.96. The largest absolute Gasteiger partial charge is 0.357 e. The minimum Gasteiger partial charge on any atom is -0.357 e. The average Bonchev–Trinajstić information content (AvgIpc) is 2.43. The summed E-state index contributed by atoms with van der Waals surface area (Å²) >= 11 is 0. The van der Waals surface area contributed by atoms with Crippen molar-refractivity contribution >= 4 is 22.6 Å². The van der Waals surface area contributed by atoms with Crippen LogP contribution in [0.25, 0.3) is 11.0 Å². The Morgan fingerprint density at radius 2 is 1.90 bits per heavy atom. The lowest BCUT2D eigenvalue weighted by Gasteiger charge is -2.20. The van der Waals surface area contributed by atoms with Crippen LogP contribution in [0.5, 0.6) is 0 Å². The molecular weight excluding hydrogens is 252 g/mol. The normalized spacial score (nSPS) is 11.1. The van der Waals surface area contributed by atoms with Crippen LogP contribution in [-0.2, 0) is 0 Å². The zero-order valence-corrected chi connectivity index (χ0v) is 12.4. The highest BCUT2D eigenvalue weighted by Gasteiger charge is 2.07. The highest BCUT2D eigenvalue weighted by atomic mass is 16.1. The summed E-state index contributed by atoms with van der Waals surface area (Å²) in [7, 11) is 6.09. The van der Waals surface area contributed by atoms with E-state index < -0.39 is 0 Å². The number of anilines is 1. The molecule has 0 bridgehead atoms. The summed E-state index contributed by atoms with van der Waals surface area (Å²) in [4.78, 5) is 24.5. The monoisotopic (exact) mass is 272 g/mol. The SMILES string of the molecule is CC(=O)c1ccc2nc(N(C)CCN(C)C)cnc2c1. The number of carbonyl (C=O) groups is 1. The number of rotatable bonds is 5. The Morgan fingerprint density at radius 3 is 2.55 bits per heavy atom. The van der Waals surface area contributed by atoms with Gasteiger partial charge < -0.3 is 9.80 Å². The molecule has 1 aromatic carbocycles. The molecule has 0 saturated carbocycles. The van der Waals surface area contributed by atoms with Crippen LogP contribution in [0.1, 0.15) is 17.3 Å². The lowest BCUT2D eigenvalue weighted by Crippen LogP contribution is -2.29. The van der Waals surface area contributed by atoms with Gasteiger partial charge in [-0.25, -0.2) is 4.98 Å². The van der Waals surface area contributed by atoms with Gasteiger partial charge in [-0.3, -0.25) is 9.78 Å². The molecule has 0 aliphatic carbocycles. The number of hydrogen-bond acceptors (Lipinski definition) is 5. The fourth-order valence-electron chi connectivity index (χ4n) is 1.87. The van der Waals surface area contributed by atoms with E-state index in [4.69, 9.17) is 0 Å². The maximum absolute atomic E-state index is 11.4. The minimum absolute atomic E-state index is 0.0425. The molecule has 5 heteroatoms. The number of benzene rings is 1. The Balaban J connectivity index is 2.25. The number of likely N-dealkylation sites (N-methyl/N-ethyl adjacent to an activating group) is 2. The van der Waals surface area contributed by atoms with E-state index in [9.17, 15) is 4.79 Å². The van der Waals surface area contributed by atoms with Crippen molar-refractivity contribution in [1.82, 2.24) is 14.9 Å². The summed E-state index contributed by atoms with van der Waals surface area (Å²) < 4.78 is 0. The van der Waals surface area contributed by atoms with E-state index in [1.165, 1.54) is 0 Å². The first-order valence-corrected chi connectivity index (χ1v) is 6.61. The molecule has 1 aromatic heterocycles. The summed E-state index contributed by atoms with van der Waals surface area (Å²) in [6.45, 7) is 3.40.